The van der Waals surface area contributed by atoms with Gasteiger partial charge in [-0.25, -0.2) is 4.98 Å². The van der Waals surface area contributed by atoms with Crippen LogP contribution in [0.3, 0.4) is 0 Å². The second-order valence-electron chi connectivity index (χ2n) is 6.44. The highest BCUT2D eigenvalue weighted by Crippen LogP contribution is 2.27. The summed E-state index contributed by atoms with van der Waals surface area (Å²) in [5, 5.41) is 15.9. The molecular weight excluding hydrogens is 314 g/mol. The lowest BCUT2D eigenvalue weighted by atomic mass is 10.1. The van der Waals surface area contributed by atoms with Crippen molar-refractivity contribution in [3.8, 4) is 6.07 Å². The number of amides is 1. The number of benzene rings is 1. The number of hydrogen-bond donors (Lipinski definition) is 2. The summed E-state index contributed by atoms with van der Waals surface area (Å²) in [5.41, 5.74) is 3.79. The van der Waals surface area contributed by atoms with Crippen molar-refractivity contribution in [2.24, 2.45) is 0 Å². The Labute approximate surface area is 145 Å². The maximum atomic E-state index is 12.3. The predicted octanol–water partition coefficient (Wildman–Crippen LogP) is 2.75. The number of fused-ring (bicyclic) bond motifs is 3. The number of imidazole rings is 1. The topological polar surface area (TPSA) is 82.2 Å². The van der Waals surface area contributed by atoms with E-state index in [0.29, 0.717) is 11.2 Å². The molecule has 4 rings (SSSR count). The molecule has 0 saturated carbocycles. The Kier molecular flexibility index (Phi) is 3.77. The minimum Gasteiger partial charge on any atom is -0.359 e. The van der Waals surface area contributed by atoms with Crippen LogP contribution in [0.2, 0.25) is 0 Å². The van der Waals surface area contributed by atoms with Crippen LogP contribution in [0.15, 0.2) is 30.3 Å². The molecule has 1 aromatic carbocycles. The Morgan fingerprint density at radius 2 is 2.20 bits per heavy atom. The number of nitriles is 1. The highest BCUT2D eigenvalue weighted by molar-refractivity contribution is 5.87. The van der Waals surface area contributed by atoms with E-state index in [9.17, 15) is 10.1 Å². The molecule has 1 amide bonds. The molecule has 3 heterocycles. The molecule has 1 atom stereocenters. The van der Waals surface area contributed by atoms with Gasteiger partial charge in [-0.2, -0.15) is 5.26 Å². The molecule has 1 saturated heterocycles. The number of rotatable bonds is 2. The third kappa shape index (κ3) is 2.58. The molecule has 1 aliphatic heterocycles. The van der Waals surface area contributed by atoms with Crippen LogP contribution >= 0.6 is 0 Å². The van der Waals surface area contributed by atoms with E-state index in [0.717, 1.165) is 48.2 Å². The van der Waals surface area contributed by atoms with Crippen molar-refractivity contribution in [1.29, 1.82) is 5.26 Å². The number of para-hydroxylation sites is 2. The average molecular weight is 333 g/mol. The third-order valence-corrected chi connectivity index (χ3v) is 4.74. The largest absolute Gasteiger partial charge is 0.359 e. The van der Waals surface area contributed by atoms with Gasteiger partial charge in [0.1, 0.15) is 17.9 Å². The molecule has 3 aromatic rings. The van der Waals surface area contributed by atoms with Crippen LogP contribution in [0.1, 0.15) is 30.4 Å². The molecule has 6 nitrogen and oxygen atoms in total. The fraction of sp³-hybridized carbons (Fsp3) is 0.316. The molecule has 25 heavy (non-hydrogen) atoms. The van der Waals surface area contributed by atoms with Crippen LogP contribution in [-0.4, -0.2) is 27.9 Å². The number of nitrogens with one attached hydrogen (secondary N) is 2. The standard InChI is InChI=1S/C19H19N5O/c1-12-10-17(22-15-7-4-5-9-21-19(15)25)24-16-8-3-2-6-14(16)23-18(24)13(12)11-20/h2-3,6,8,10,15,22H,4-5,7,9H2,1H3,(H,21,25)/t15-/m1/s1. The van der Waals surface area contributed by atoms with Gasteiger partial charge in [0, 0.05) is 6.54 Å². The Bertz CT molecular complexity index is 1010. The van der Waals surface area contributed by atoms with Gasteiger partial charge in [-0.3, -0.25) is 9.20 Å². The molecule has 6 heteroatoms. The second kappa shape index (κ2) is 6.10. The van der Waals surface area contributed by atoms with E-state index in [2.05, 4.69) is 21.7 Å². The van der Waals surface area contributed by atoms with Crippen LogP contribution in [0.5, 0.6) is 0 Å². The third-order valence-electron chi connectivity index (χ3n) is 4.74. The van der Waals surface area contributed by atoms with Gasteiger partial charge in [0.2, 0.25) is 5.91 Å². The van der Waals surface area contributed by atoms with Crippen molar-refractivity contribution >= 4 is 28.4 Å². The van der Waals surface area contributed by atoms with Gasteiger partial charge in [-0.05, 0) is 49.9 Å². The van der Waals surface area contributed by atoms with Crippen molar-refractivity contribution in [3.63, 3.8) is 0 Å². The monoisotopic (exact) mass is 333 g/mol. The Morgan fingerprint density at radius 1 is 1.36 bits per heavy atom. The van der Waals surface area contributed by atoms with Crippen LogP contribution in [-0.2, 0) is 4.79 Å². The zero-order chi connectivity index (χ0) is 17.4. The zero-order valence-corrected chi connectivity index (χ0v) is 14.0. The summed E-state index contributed by atoms with van der Waals surface area (Å²) < 4.78 is 1.94. The summed E-state index contributed by atoms with van der Waals surface area (Å²) in [6, 6.07) is 11.7. The van der Waals surface area contributed by atoms with Crippen LogP contribution in [0.25, 0.3) is 16.7 Å². The van der Waals surface area contributed by atoms with E-state index < -0.39 is 0 Å². The summed E-state index contributed by atoms with van der Waals surface area (Å²) >= 11 is 0. The summed E-state index contributed by atoms with van der Waals surface area (Å²) in [6.07, 6.45) is 2.79. The summed E-state index contributed by atoms with van der Waals surface area (Å²) in [4.78, 5) is 17.0. The average Bonchev–Trinajstić information content (AvgIpc) is 2.88. The van der Waals surface area contributed by atoms with E-state index in [4.69, 9.17) is 0 Å². The number of hydrogen-bond acceptors (Lipinski definition) is 4. The Balaban J connectivity index is 1.91. The Hall–Kier alpha value is -3.07. The minimum atomic E-state index is -0.279. The molecule has 1 aliphatic rings. The number of carbonyl (C=O) groups excluding carboxylic acids is 1. The van der Waals surface area contributed by atoms with E-state index in [-0.39, 0.29) is 11.9 Å². The molecule has 0 unspecified atom stereocenters. The lowest BCUT2D eigenvalue weighted by Crippen LogP contribution is -2.38. The van der Waals surface area contributed by atoms with Crippen molar-refractivity contribution in [3.05, 3.63) is 41.5 Å². The SMILES string of the molecule is Cc1cc(N[C@@H]2CCCCNC2=O)n2c(nc3ccccc32)c1C#N. The van der Waals surface area contributed by atoms with Gasteiger partial charge in [0.25, 0.3) is 0 Å². The number of nitrogens with zero attached hydrogens (tertiary/aromatic N) is 3. The quantitative estimate of drug-likeness (QED) is 0.755. The second-order valence-corrected chi connectivity index (χ2v) is 6.44. The van der Waals surface area contributed by atoms with Gasteiger partial charge >= 0.3 is 0 Å². The number of pyridine rings is 1. The smallest absolute Gasteiger partial charge is 0.242 e. The van der Waals surface area contributed by atoms with E-state index in [1.165, 1.54) is 0 Å². The van der Waals surface area contributed by atoms with E-state index >= 15 is 0 Å². The first-order valence-corrected chi connectivity index (χ1v) is 8.54. The molecule has 0 spiro atoms. The van der Waals surface area contributed by atoms with E-state index in [1.54, 1.807) is 0 Å². The molecular formula is C19H19N5O. The maximum Gasteiger partial charge on any atom is 0.242 e. The van der Waals surface area contributed by atoms with Crippen molar-refractivity contribution < 1.29 is 4.79 Å². The first-order valence-electron chi connectivity index (χ1n) is 8.54. The van der Waals surface area contributed by atoms with Gasteiger partial charge in [-0.15, -0.1) is 0 Å². The van der Waals surface area contributed by atoms with Crippen LogP contribution in [0, 0.1) is 18.3 Å². The summed E-state index contributed by atoms with van der Waals surface area (Å²) in [5.74, 6) is 0.819. The van der Waals surface area contributed by atoms with Crippen molar-refractivity contribution in [1.82, 2.24) is 14.7 Å². The Morgan fingerprint density at radius 3 is 3.04 bits per heavy atom. The number of aryl methyl sites for hydroxylation is 1. The fourth-order valence-corrected chi connectivity index (χ4v) is 3.46. The normalized spacial score (nSPS) is 17.9. The van der Waals surface area contributed by atoms with Gasteiger partial charge < -0.3 is 10.6 Å². The highest BCUT2D eigenvalue weighted by Gasteiger charge is 2.23. The number of aromatic nitrogens is 2. The fourth-order valence-electron chi connectivity index (χ4n) is 3.46. The lowest BCUT2D eigenvalue weighted by Gasteiger charge is -2.19. The van der Waals surface area contributed by atoms with Crippen molar-refractivity contribution in [2.75, 3.05) is 11.9 Å². The summed E-state index contributed by atoms with van der Waals surface area (Å²) in [7, 11) is 0. The highest BCUT2D eigenvalue weighted by atomic mass is 16.2. The minimum absolute atomic E-state index is 0.0251. The number of carbonyl (C=O) groups is 1. The van der Waals surface area contributed by atoms with Crippen LogP contribution < -0.4 is 10.6 Å². The van der Waals surface area contributed by atoms with Gasteiger partial charge in [-0.1, -0.05) is 12.1 Å². The molecule has 1 fully saturated rings. The molecule has 126 valence electrons. The molecule has 0 bridgehead atoms. The van der Waals surface area contributed by atoms with Crippen LogP contribution in [0.4, 0.5) is 5.82 Å². The molecule has 0 aliphatic carbocycles. The zero-order valence-electron chi connectivity index (χ0n) is 14.0. The predicted molar refractivity (Wildman–Crippen MR) is 96.4 cm³/mol. The van der Waals surface area contributed by atoms with Gasteiger partial charge in [0.15, 0.2) is 5.65 Å². The van der Waals surface area contributed by atoms with Crippen molar-refractivity contribution in [2.45, 2.75) is 32.2 Å². The molecule has 0 radical (unpaired) electrons. The van der Waals surface area contributed by atoms with E-state index in [1.807, 2.05) is 41.7 Å². The number of anilines is 1. The summed E-state index contributed by atoms with van der Waals surface area (Å²) in [6.45, 7) is 2.63. The molecule has 2 aromatic heterocycles. The molecule has 2 N–H and O–H groups in total. The first kappa shape index (κ1) is 15.5. The lowest BCUT2D eigenvalue weighted by molar-refractivity contribution is -0.121. The van der Waals surface area contributed by atoms with Gasteiger partial charge in [0.05, 0.1) is 16.6 Å². The first-order chi connectivity index (χ1) is 12.2. The maximum absolute atomic E-state index is 12.3.